The maximum Gasteiger partial charge on any atom is 0.165 e. The minimum Gasteiger partial charge on any atom is -0.365 e. The zero-order valence-corrected chi connectivity index (χ0v) is 20.9. The van der Waals surface area contributed by atoms with Crippen LogP contribution in [0.4, 0.5) is 0 Å². The molecule has 7 aliphatic rings. The van der Waals surface area contributed by atoms with Gasteiger partial charge in [-0.1, -0.05) is 60.5 Å². The second kappa shape index (κ2) is 7.68. The number of benzene rings is 2. The summed E-state index contributed by atoms with van der Waals surface area (Å²) in [5, 5.41) is 0.194. The summed E-state index contributed by atoms with van der Waals surface area (Å²) in [6.45, 7) is 0. The van der Waals surface area contributed by atoms with Crippen LogP contribution in [0.5, 0.6) is 0 Å². The first-order chi connectivity index (χ1) is 17.2. The lowest BCUT2D eigenvalue weighted by molar-refractivity contribution is -0.120. The molecule has 2 aromatic carbocycles. The highest BCUT2D eigenvalue weighted by molar-refractivity contribution is 6.40. The summed E-state index contributed by atoms with van der Waals surface area (Å²) in [5.74, 6) is 2.51. The van der Waals surface area contributed by atoms with Gasteiger partial charge in [-0.3, -0.25) is 4.79 Å². The van der Waals surface area contributed by atoms with Gasteiger partial charge >= 0.3 is 0 Å². The molecule has 4 fully saturated rings. The number of carbonyl (C=O) groups excluding carboxylic acids is 1. The van der Waals surface area contributed by atoms with Crippen LogP contribution in [0.2, 0.25) is 0 Å². The van der Waals surface area contributed by atoms with E-state index in [1.807, 2.05) is 0 Å². The maximum absolute atomic E-state index is 14.1. The van der Waals surface area contributed by atoms with Crippen LogP contribution in [0, 0.1) is 35.5 Å². The van der Waals surface area contributed by atoms with Crippen LogP contribution in [-0.2, 0) is 14.3 Å². The van der Waals surface area contributed by atoms with Gasteiger partial charge in [-0.25, -0.2) is 0 Å². The number of hydrogen-bond donors (Lipinski definition) is 0. The third kappa shape index (κ3) is 2.59. The van der Waals surface area contributed by atoms with Crippen molar-refractivity contribution in [2.75, 3.05) is 5.34 Å². The Kier molecular flexibility index (Phi) is 4.70. The third-order valence-electron chi connectivity index (χ3n) is 10.2. The second-order valence-electron chi connectivity index (χ2n) is 11.3. The normalized spacial score (nSPS) is 42.5. The van der Waals surface area contributed by atoms with Crippen molar-refractivity contribution in [1.29, 1.82) is 0 Å². The van der Waals surface area contributed by atoms with Gasteiger partial charge in [-0.15, -0.1) is 23.2 Å². The Bertz CT molecular complexity index is 1270. The van der Waals surface area contributed by atoms with Crippen molar-refractivity contribution in [1.82, 2.24) is 0 Å². The van der Waals surface area contributed by atoms with E-state index in [0.717, 1.165) is 6.42 Å². The first kappa shape index (κ1) is 21.4. The summed E-state index contributed by atoms with van der Waals surface area (Å²) < 4.78 is 13.4. The molecule has 0 amide bonds. The predicted octanol–water partition coefficient (Wildman–Crippen LogP) is 7.22. The number of ketones is 1. The van der Waals surface area contributed by atoms with Gasteiger partial charge in [0.05, 0.1) is 35.7 Å². The molecule has 0 unspecified atom stereocenters. The van der Waals surface area contributed by atoms with Gasteiger partial charge in [-0.2, -0.15) is 0 Å². The van der Waals surface area contributed by atoms with Crippen LogP contribution >= 0.6 is 23.2 Å². The molecule has 4 bridgehead atoms. The van der Waals surface area contributed by atoms with E-state index in [1.54, 1.807) is 0 Å². The average molecular weight is 507 g/mol. The molecule has 2 aromatic rings. The molecule has 0 spiro atoms. The SMILES string of the molecule is ClCCl.O=C1C2=C3CCCC[C@@H]3[C@@H]3[C@H]([C@@H]2[C@@H]2[C@H]1[C@@H]1O[C@H]2c2ccccc21)[C@@H]1O[C@H]3c2ccccc21. The first-order valence-corrected chi connectivity index (χ1v) is 14.2. The zero-order valence-electron chi connectivity index (χ0n) is 19.4. The Morgan fingerprint density at radius 3 is 1.91 bits per heavy atom. The van der Waals surface area contributed by atoms with E-state index in [-0.39, 0.29) is 41.6 Å². The summed E-state index contributed by atoms with van der Waals surface area (Å²) in [6.07, 6.45) is 5.25. The van der Waals surface area contributed by atoms with E-state index in [9.17, 15) is 4.79 Å². The van der Waals surface area contributed by atoms with Crippen LogP contribution in [0.1, 0.15) is 72.4 Å². The second-order valence-corrected chi connectivity index (χ2v) is 12.1. The molecule has 4 heterocycles. The average Bonchev–Trinajstić information content (AvgIpc) is 3.69. The first-order valence-electron chi connectivity index (χ1n) is 13.1. The van der Waals surface area contributed by atoms with Gasteiger partial charge in [-0.05, 0) is 58.9 Å². The molecule has 4 aliphatic heterocycles. The number of Topliss-reactive ketones (excluding diaryl/α,β-unsaturated/α-hetero) is 1. The van der Waals surface area contributed by atoms with E-state index in [1.165, 1.54) is 52.7 Å². The van der Waals surface area contributed by atoms with Crippen LogP contribution in [-0.4, -0.2) is 11.1 Å². The van der Waals surface area contributed by atoms with Crippen molar-refractivity contribution >= 4 is 29.0 Å². The summed E-state index contributed by atoms with van der Waals surface area (Å²) in [6, 6.07) is 17.5. The minimum atomic E-state index is -0.0420. The van der Waals surface area contributed by atoms with Crippen molar-refractivity contribution < 1.29 is 14.3 Å². The maximum atomic E-state index is 14.1. The lowest BCUT2D eigenvalue weighted by Gasteiger charge is -2.47. The minimum absolute atomic E-state index is 0.0121. The molecule has 3 aliphatic carbocycles. The van der Waals surface area contributed by atoms with E-state index in [2.05, 4.69) is 48.5 Å². The van der Waals surface area contributed by atoms with Crippen molar-refractivity contribution in [2.24, 2.45) is 35.5 Å². The predicted molar refractivity (Wildman–Crippen MR) is 134 cm³/mol. The summed E-state index contributed by atoms with van der Waals surface area (Å²) >= 11 is 9.53. The highest BCUT2D eigenvalue weighted by Gasteiger charge is 2.70. The van der Waals surface area contributed by atoms with E-state index >= 15 is 0 Å². The number of allylic oxidation sites excluding steroid dienone is 2. The number of hydrogen-bond acceptors (Lipinski definition) is 3. The third-order valence-corrected chi connectivity index (χ3v) is 10.2. The molecule has 180 valence electrons. The molecular formula is C30H28Cl2O3. The fourth-order valence-electron chi connectivity index (χ4n) is 9.42. The van der Waals surface area contributed by atoms with Crippen molar-refractivity contribution in [2.45, 2.75) is 50.1 Å². The highest BCUT2D eigenvalue weighted by atomic mass is 35.5. The van der Waals surface area contributed by atoms with Gasteiger partial charge < -0.3 is 9.47 Å². The quantitative estimate of drug-likeness (QED) is 0.353. The van der Waals surface area contributed by atoms with Gasteiger partial charge in [0.2, 0.25) is 0 Å². The van der Waals surface area contributed by atoms with Crippen LogP contribution in [0.25, 0.3) is 0 Å². The number of ether oxygens (including phenoxy) is 2. The topological polar surface area (TPSA) is 35.5 Å². The molecule has 10 atom stereocenters. The number of rotatable bonds is 0. The summed E-state index contributed by atoms with van der Waals surface area (Å²) in [4.78, 5) is 14.1. The van der Waals surface area contributed by atoms with Gasteiger partial charge in [0.25, 0.3) is 0 Å². The van der Waals surface area contributed by atoms with E-state index in [4.69, 9.17) is 32.7 Å². The van der Waals surface area contributed by atoms with Gasteiger partial charge in [0.15, 0.2) is 5.78 Å². The standard InChI is InChI=1S/C29H26O3.CH2Cl2/c30-25-19-13-7-1-2-8-14(13)20-22(27-16-10-4-3-9-15(16)26(20)31-27)21(19)23-24(25)29-18-12-6-5-11-17(18)28(23)32-29;2-1-3/h3-6,9-12,14,20-24,26-29H,1-2,7-8H2;1H2/t14-,20+,21+,22+,23+,24+,26-,27+,28-,29+;/m0./s1. The van der Waals surface area contributed by atoms with Crippen LogP contribution < -0.4 is 0 Å². The molecule has 35 heavy (non-hydrogen) atoms. The lowest BCUT2D eigenvalue weighted by Crippen LogP contribution is -2.42. The highest BCUT2D eigenvalue weighted by Crippen LogP contribution is 2.74. The van der Waals surface area contributed by atoms with Gasteiger partial charge in [0, 0.05) is 17.8 Å². The Balaban J connectivity index is 0.000000625. The van der Waals surface area contributed by atoms with Crippen molar-refractivity contribution in [3.8, 4) is 0 Å². The molecule has 5 heteroatoms. The number of fused-ring (bicyclic) bond motifs is 21. The van der Waals surface area contributed by atoms with E-state index in [0.29, 0.717) is 29.5 Å². The molecule has 3 nitrogen and oxygen atoms in total. The molecule has 0 aromatic heterocycles. The summed E-state index contributed by atoms with van der Waals surface area (Å²) in [7, 11) is 0. The molecule has 0 N–H and O–H groups in total. The fraction of sp³-hybridized carbons (Fsp3) is 0.500. The number of halogens is 2. The Morgan fingerprint density at radius 1 is 0.714 bits per heavy atom. The largest absolute Gasteiger partial charge is 0.365 e. The van der Waals surface area contributed by atoms with Crippen LogP contribution in [0.3, 0.4) is 0 Å². The molecule has 9 rings (SSSR count). The molecule has 0 radical (unpaired) electrons. The van der Waals surface area contributed by atoms with Gasteiger partial charge in [0.1, 0.15) is 0 Å². The monoisotopic (exact) mass is 506 g/mol. The molecular weight excluding hydrogens is 479 g/mol. The number of alkyl halides is 2. The summed E-state index contributed by atoms with van der Waals surface area (Å²) in [5.41, 5.74) is 8.18. The van der Waals surface area contributed by atoms with Crippen LogP contribution in [0.15, 0.2) is 59.7 Å². The molecule has 2 saturated carbocycles. The lowest BCUT2D eigenvalue weighted by atomic mass is 9.54. The Morgan fingerprint density at radius 2 is 1.26 bits per heavy atom. The molecule has 2 saturated heterocycles. The smallest absolute Gasteiger partial charge is 0.165 e. The van der Waals surface area contributed by atoms with Crippen molar-refractivity contribution in [3.05, 3.63) is 81.9 Å². The zero-order chi connectivity index (χ0) is 23.4. The Labute approximate surface area is 215 Å². The Hall–Kier alpha value is -1.65. The number of carbonyl (C=O) groups is 1. The van der Waals surface area contributed by atoms with Crippen molar-refractivity contribution in [3.63, 3.8) is 0 Å². The van der Waals surface area contributed by atoms with E-state index < -0.39 is 0 Å². The fourth-order valence-corrected chi connectivity index (χ4v) is 9.42.